The van der Waals surface area contributed by atoms with Crippen LogP contribution in [-0.4, -0.2) is 28.3 Å². The Morgan fingerprint density at radius 3 is 2.42 bits per heavy atom. The van der Waals surface area contributed by atoms with Crippen molar-refractivity contribution >= 4 is 26.9 Å². The fourth-order valence-electron chi connectivity index (χ4n) is 6.02. The van der Waals surface area contributed by atoms with Gasteiger partial charge in [-0.05, 0) is 82.1 Å². The monoisotopic (exact) mass is 547 g/mol. The van der Waals surface area contributed by atoms with Crippen molar-refractivity contribution in [2.75, 3.05) is 6.61 Å². The van der Waals surface area contributed by atoms with E-state index in [1.165, 1.54) is 0 Å². The van der Waals surface area contributed by atoms with Crippen LogP contribution in [0.1, 0.15) is 65.5 Å². The summed E-state index contributed by atoms with van der Waals surface area (Å²) in [5.74, 6) is 0.269. The molecule has 0 amide bonds. The van der Waals surface area contributed by atoms with E-state index in [0.29, 0.717) is 31.6 Å². The third-order valence-corrected chi connectivity index (χ3v) is 9.24. The molecule has 1 spiro atoms. The third-order valence-electron chi connectivity index (χ3n) is 7.15. The largest absolute Gasteiger partial charge is 0.496 e. The topological polar surface area (TPSA) is 47.6 Å². The van der Waals surface area contributed by atoms with E-state index in [1.807, 2.05) is 47.6 Å². The lowest BCUT2D eigenvalue weighted by atomic mass is 9.56. The highest BCUT2D eigenvalue weighted by Crippen LogP contribution is 2.63. The zero-order chi connectivity index (χ0) is 24.8. The minimum atomic E-state index is -2.81. The summed E-state index contributed by atoms with van der Waals surface area (Å²) in [6.07, 6.45) is 1.40. The highest BCUT2D eigenvalue weighted by atomic mass is 79.9. The van der Waals surface area contributed by atoms with Gasteiger partial charge in [-0.3, -0.25) is 0 Å². The van der Waals surface area contributed by atoms with Gasteiger partial charge >= 0.3 is 6.61 Å². The predicted molar refractivity (Wildman–Crippen MR) is 132 cm³/mol. The van der Waals surface area contributed by atoms with E-state index in [0.717, 1.165) is 15.6 Å². The summed E-state index contributed by atoms with van der Waals surface area (Å²) >= 11 is 3.61. The van der Waals surface area contributed by atoms with Gasteiger partial charge in [0.25, 0.3) is 0 Å². The number of rotatable bonds is 7. The Morgan fingerprint density at radius 2 is 1.91 bits per heavy atom. The molecule has 1 aromatic carbocycles. The first-order chi connectivity index (χ1) is 15.3. The Hall–Kier alpha value is -0.830. The standard InChI is InChI=1S/C25H36BrF2NO3S/c1-8-31-17(4)25(29-33(30)23(5,6)7)20-11-19(26)10-9-18(20)14-24(25)12-15(2)21(16(3)13-24)32-22(27)28/h9-11,15-16,21-22,29H,4,8,12-14H2,1-3,5-7H3/t15-,16+,21?,24?,25-,33?/m0/s1. The first kappa shape index (κ1) is 26.8. The second-order valence-corrected chi connectivity index (χ2v) is 13.5. The molecule has 33 heavy (non-hydrogen) atoms. The Balaban J connectivity index is 2.21. The quantitative estimate of drug-likeness (QED) is 0.398. The molecule has 0 aliphatic heterocycles. The fraction of sp³-hybridized carbons (Fsp3) is 0.680. The number of benzene rings is 1. The van der Waals surface area contributed by atoms with Crippen LogP contribution in [0.25, 0.3) is 0 Å². The summed E-state index contributed by atoms with van der Waals surface area (Å²) in [4.78, 5) is 0. The lowest BCUT2D eigenvalue weighted by molar-refractivity contribution is -0.208. The van der Waals surface area contributed by atoms with Crippen molar-refractivity contribution in [2.24, 2.45) is 17.3 Å². The number of fused-ring (bicyclic) bond motifs is 1. The van der Waals surface area contributed by atoms with Gasteiger partial charge in [0.2, 0.25) is 0 Å². The molecule has 0 saturated heterocycles. The second kappa shape index (κ2) is 9.67. The minimum absolute atomic E-state index is 0.126. The number of alkyl halides is 2. The molecule has 1 aromatic rings. The van der Waals surface area contributed by atoms with Gasteiger partial charge in [-0.15, -0.1) is 0 Å². The molecule has 2 aliphatic rings. The van der Waals surface area contributed by atoms with Crippen LogP contribution < -0.4 is 4.72 Å². The predicted octanol–water partition coefficient (Wildman–Crippen LogP) is 6.46. The van der Waals surface area contributed by atoms with E-state index in [4.69, 9.17) is 9.47 Å². The van der Waals surface area contributed by atoms with Gasteiger partial charge in [-0.25, -0.2) is 8.93 Å². The summed E-state index contributed by atoms with van der Waals surface area (Å²) < 4.78 is 54.9. The van der Waals surface area contributed by atoms with Gasteiger partial charge in [-0.1, -0.05) is 42.4 Å². The molecule has 0 aromatic heterocycles. The van der Waals surface area contributed by atoms with E-state index in [9.17, 15) is 13.0 Å². The van der Waals surface area contributed by atoms with Crippen LogP contribution in [0.5, 0.6) is 0 Å². The summed E-state index contributed by atoms with van der Waals surface area (Å²) in [5, 5.41) is 0. The molecule has 0 bridgehead atoms. The first-order valence-corrected chi connectivity index (χ1v) is 13.5. The lowest BCUT2D eigenvalue weighted by Crippen LogP contribution is -2.61. The summed E-state index contributed by atoms with van der Waals surface area (Å²) in [6, 6.07) is 6.14. The molecule has 0 heterocycles. The molecular weight excluding hydrogens is 512 g/mol. The highest BCUT2D eigenvalue weighted by molar-refractivity contribution is 9.10. The summed E-state index contributed by atoms with van der Waals surface area (Å²) in [5.41, 5.74) is 0.730. The second-order valence-electron chi connectivity index (χ2n) is 10.6. The summed E-state index contributed by atoms with van der Waals surface area (Å²) in [6.45, 7) is 13.6. The van der Waals surface area contributed by atoms with Gasteiger partial charge in [0.15, 0.2) is 0 Å². The Labute approximate surface area is 207 Å². The maximum absolute atomic E-state index is 13.6. The fourth-order valence-corrected chi connectivity index (χ4v) is 7.41. The van der Waals surface area contributed by atoms with Gasteiger partial charge in [0.05, 0.1) is 28.4 Å². The first-order valence-electron chi connectivity index (χ1n) is 11.5. The zero-order valence-corrected chi connectivity index (χ0v) is 22.7. The molecule has 1 N–H and O–H groups in total. The van der Waals surface area contributed by atoms with Gasteiger partial charge in [0.1, 0.15) is 11.3 Å². The Kier molecular flexibility index (Phi) is 7.84. The number of halogens is 3. The zero-order valence-electron chi connectivity index (χ0n) is 20.3. The van der Waals surface area contributed by atoms with Gasteiger partial charge < -0.3 is 9.47 Å². The number of hydrogen-bond donors (Lipinski definition) is 1. The Bertz CT molecular complexity index is 907. The molecule has 1 saturated carbocycles. The van der Waals surface area contributed by atoms with Crippen molar-refractivity contribution < 1.29 is 22.5 Å². The van der Waals surface area contributed by atoms with Crippen LogP contribution in [0, 0.1) is 17.3 Å². The molecular formula is C25H36BrF2NO3S. The highest BCUT2D eigenvalue weighted by Gasteiger charge is 2.64. The number of hydrogen-bond acceptors (Lipinski definition) is 3. The molecule has 3 rings (SSSR count). The van der Waals surface area contributed by atoms with Crippen LogP contribution in [0.15, 0.2) is 35.0 Å². The van der Waals surface area contributed by atoms with Crippen LogP contribution >= 0.6 is 15.9 Å². The summed E-state index contributed by atoms with van der Waals surface area (Å²) in [7, 11) is -1.43. The smallest absolute Gasteiger partial charge is 0.345 e. The van der Waals surface area contributed by atoms with Crippen molar-refractivity contribution in [1.82, 2.24) is 4.72 Å². The molecule has 3 unspecified atom stereocenters. The molecule has 1 fully saturated rings. The Morgan fingerprint density at radius 1 is 1.30 bits per heavy atom. The van der Waals surface area contributed by atoms with Crippen LogP contribution in [-0.2, 0) is 32.4 Å². The SMILES string of the molecule is C=C(OCC)[C@]1(NS(=O)C(C)(C)C)c2cc(Br)ccc2CC12C[C@@H](C)C(OC(F)F)[C@@H](C)C2. The molecule has 8 heteroatoms. The normalized spacial score (nSPS) is 32.7. The van der Waals surface area contributed by atoms with E-state index < -0.39 is 39.4 Å². The average molecular weight is 549 g/mol. The molecule has 186 valence electrons. The maximum atomic E-state index is 13.6. The van der Waals surface area contributed by atoms with Crippen LogP contribution in [0.4, 0.5) is 8.78 Å². The lowest BCUT2D eigenvalue weighted by Gasteiger charge is -2.54. The van der Waals surface area contributed by atoms with E-state index in [1.54, 1.807) is 0 Å². The average Bonchev–Trinajstić information content (AvgIpc) is 2.93. The van der Waals surface area contributed by atoms with Crippen molar-refractivity contribution in [1.29, 1.82) is 0 Å². The number of ether oxygens (including phenoxy) is 2. The van der Waals surface area contributed by atoms with E-state index >= 15 is 0 Å². The molecule has 0 radical (unpaired) electrons. The molecule has 2 aliphatic carbocycles. The van der Waals surface area contributed by atoms with Gasteiger partial charge in [0, 0.05) is 9.89 Å². The van der Waals surface area contributed by atoms with E-state index in [2.05, 4.69) is 39.4 Å². The van der Waals surface area contributed by atoms with Crippen molar-refractivity contribution in [2.45, 2.75) is 83.8 Å². The minimum Gasteiger partial charge on any atom is -0.496 e. The van der Waals surface area contributed by atoms with Crippen LogP contribution in [0.3, 0.4) is 0 Å². The third kappa shape index (κ3) is 4.82. The maximum Gasteiger partial charge on any atom is 0.345 e. The van der Waals surface area contributed by atoms with Crippen molar-refractivity contribution in [3.8, 4) is 0 Å². The van der Waals surface area contributed by atoms with Gasteiger partial charge in [-0.2, -0.15) is 8.78 Å². The van der Waals surface area contributed by atoms with Crippen LogP contribution in [0.2, 0.25) is 0 Å². The molecule has 6 atom stereocenters. The number of nitrogens with one attached hydrogen (secondary N) is 1. The van der Waals surface area contributed by atoms with Crippen molar-refractivity contribution in [3.05, 3.63) is 46.1 Å². The molecule has 4 nitrogen and oxygen atoms in total. The van der Waals surface area contributed by atoms with Crippen molar-refractivity contribution in [3.63, 3.8) is 0 Å². The van der Waals surface area contributed by atoms with E-state index in [-0.39, 0.29) is 11.8 Å².